The number of ether oxygens (including phenoxy) is 3. The van der Waals surface area contributed by atoms with Crippen molar-refractivity contribution < 1.29 is 23.8 Å². The number of benzene rings is 3. The lowest BCUT2D eigenvalue weighted by Crippen LogP contribution is -2.52. The monoisotopic (exact) mass is 516 g/mol. The lowest BCUT2D eigenvalue weighted by molar-refractivity contribution is -0.0418. The van der Waals surface area contributed by atoms with Crippen LogP contribution >= 0.6 is 0 Å². The SMILES string of the molecule is Cc1ccc(OCC2COCCN2C(=O)OC(C)(C)C)cc1C(=O)NC1(c2cccc3ccccc23)CC1. The Bertz CT molecular complexity index is 1340. The van der Waals surface area contributed by atoms with Gasteiger partial charge in [0.25, 0.3) is 5.91 Å². The topological polar surface area (TPSA) is 77.1 Å². The van der Waals surface area contributed by atoms with E-state index in [-0.39, 0.29) is 30.2 Å². The third kappa shape index (κ3) is 5.63. The molecule has 0 spiro atoms. The van der Waals surface area contributed by atoms with Crippen LogP contribution in [0.25, 0.3) is 10.8 Å². The Morgan fingerprint density at radius 3 is 2.61 bits per heavy atom. The van der Waals surface area contributed by atoms with Crippen molar-refractivity contribution in [3.63, 3.8) is 0 Å². The smallest absolute Gasteiger partial charge is 0.410 e. The summed E-state index contributed by atoms with van der Waals surface area (Å²) in [4.78, 5) is 27.9. The van der Waals surface area contributed by atoms with Crippen molar-refractivity contribution in [1.29, 1.82) is 0 Å². The highest BCUT2D eigenvalue weighted by molar-refractivity contribution is 5.97. The minimum Gasteiger partial charge on any atom is -0.491 e. The molecule has 1 N–H and O–H groups in total. The van der Waals surface area contributed by atoms with Crippen molar-refractivity contribution in [3.8, 4) is 5.75 Å². The van der Waals surface area contributed by atoms with Crippen LogP contribution in [0.5, 0.6) is 5.75 Å². The van der Waals surface area contributed by atoms with Gasteiger partial charge >= 0.3 is 6.09 Å². The molecule has 0 radical (unpaired) electrons. The van der Waals surface area contributed by atoms with Crippen LogP contribution in [0.3, 0.4) is 0 Å². The van der Waals surface area contributed by atoms with Crippen molar-refractivity contribution in [3.05, 3.63) is 77.4 Å². The van der Waals surface area contributed by atoms with Gasteiger partial charge in [0.1, 0.15) is 18.0 Å². The van der Waals surface area contributed by atoms with Gasteiger partial charge in [-0.05, 0) is 74.6 Å². The molecule has 1 heterocycles. The third-order valence-corrected chi connectivity index (χ3v) is 7.16. The predicted octanol–water partition coefficient (Wildman–Crippen LogP) is 5.58. The Balaban J connectivity index is 1.29. The van der Waals surface area contributed by atoms with Crippen molar-refractivity contribution in [2.45, 2.75) is 57.7 Å². The first-order valence-electron chi connectivity index (χ1n) is 13.3. The van der Waals surface area contributed by atoms with E-state index in [4.69, 9.17) is 14.2 Å². The largest absolute Gasteiger partial charge is 0.491 e. The predicted molar refractivity (Wildman–Crippen MR) is 147 cm³/mol. The lowest BCUT2D eigenvalue weighted by atomic mass is 9.96. The second kappa shape index (κ2) is 10.3. The maximum Gasteiger partial charge on any atom is 0.410 e. The molecule has 1 aliphatic carbocycles. The van der Waals surface area contributed by atoms with E-state index in [9.17, 15) is 9.59 Å². The summed E-state index contributed by atoms with van der Waals surface area (Å²) in [5.41, 5.74) is 1.69. The molecule has 7 nitrogen and oxygen atoms in total. The van der Waals surface area contributed by atoms with Crippen LogP contribution in [-0.2, 0) is 15.0 Å². The van der Waals surface area contributed by atoms with Gasteiger partial charge in [0.05, 0.1) is 24.8 Å². The zero-order valence-electron chi connectivity index (χ0n) is 22.6. The highest BCUT2D eigenvalue weighted by Crippen LogP contribution is 2.48. The zero-order valence-corrected chi connectivity index (χ0v) is 22.6. The highest BCUT2D eigenvalue weighted by atomic mass is 16.6. The number of hydrogen-bond donors (Lipinski definition) is 1. The van der Waals surface area contributed by atoms with Gasteiger partial charge in [0.15, 0.2) is 0 Å². The second-order valence-electron chi connectivity index (χ2n) is 11.3. The Hall–Kier alpha value is -3.58. The van der Waals surface area contributed by atoms with Crippen molar-refractivity contribution in [2.24, 2.45) is 0 Å². The van der Waals surface area contributed by atoms with Gasteiger partial charge in [-0.3, -0.25) is 9.69 Å². The molecule has 0 bridgehead atoms. The summed E-state index contributed by atoms with van der Waals surface area (Å²) in [5, 5.41) is 5.67. The van der Waals surface area contributed by atoms with Gasteiger partial charge in [-0.1, -0.05) is 48.5 Å². The number of carbonyl (C=O) groups is 2. The number of morpholine rings is 1. The molecule has 1 atom stereocenters. The lowest BCUT2D eigenvalue weighted by Gasteiger charge is -2.36. The first kappa shape index (κ1) is 26.0. The molecule has 1 saturated heterocycles. The summed E-state index contributed by atoms with van der Waals surface area (Å²) in [6.07, 6.45) is 1.44. The first-order valence-corrected chi connectivity index (χ1v) is 13.3. The van der Waals surface area contributed by atoms with Crippen molar-refractivity contribution >= 4 is 22.8 Å². The molecule has 200 valence electrons. The van der Waals surface area contributed by atoms with E-state index in [1.54, 1.807) is 11.0 Å². The first-order chi connectivity index (χ1) is 18.2. The summed E-state index contributed by atoms with van der Waals surface area (Å²) < 4.78 is 17.2. The fourth-order valence-corrected chi connectivity index (χ4v) is 5.00. The molecule has 5 rings (SSSR count). The maximum absolute atomic E-state index is 13.5. The molecule has 3 aromatic carbocycles. The number of amides is 2. The van der Waals surface area contributed by atoms with Crippen molar-refractivity contribution in [1.82, 2.24) is 10.2 Å². The van der Waals surface area contributed by atoms with Crippen LogP contribution in [0, 0.1) is 6.92 Å². The fraction of sp³-hybridized carbons (Fsp3) is 0.419. The van der Waals surface area contributed by atoms with E-state index < -0.39 is 5.60 Å². The molecule has 0 aromatic heterocycles. The Labute approximate surface area is 224 Å². The molecule has 3 aromatic rings. The summed E-state index contributed by atoms with van der Waals surface area (Å²) in [5.74, 6) is 0.459. The summed E-state index contributed by atoms with van der Waals surface area (Å²) in [6, 6.07) is 19.8. The van der Waals surface area contributed by atoms with Gasteiger partial charge in [-0.25, -0.2) is 4.79 Å². The van der Waals surface area contributed by atoms with E-state index in [1.165, 1.54) is 10.8 Å². The molecule has 2 fully saturated rings. The molecular weight excluding hydrogens is 480 g/mol. The summed E-state index contributed by atoms with van der Waals surface area (Å²) in [6.45, 7) is 8.99. The number of nitrogens with one attached hydrogen (secondary N) is 1. The van der Waals surface area contributed by atoms with Crippen LogP contribution in [0.1, 0.15) is 55.1 Å². The number of nitrogens with zero attached hydrogens (tertiary/aromatic N) is 1. The van der Waals surface area contributed by atoms with Crippen LogP contribution in [0.2, 0.25) is 0 Å². The molecular formula is C31H36N2O5. The van der Waals surface area contributed by atoms with Gasteiger partial charge in [0, 0.05) is 12.1 Å². The maximum atomic E-state index is 13.5. The normalized spacial score (nSPS) is 18.6. The molecule has 1 saturated carbocycles. The van der Waals surface area contributed by atoms with Crippen molar-refractivity contribution in [2.75, 3.05) is 26.4 Å². The number of rotatable bonds is 6. The number of carbonyl (C=O) groups excluding carboxylic acids is 2. The average Bonchev–Trinajstić information content (AvgIpc) is 3.67. The number of aryl methyl sites for hydroxylation is 1. The molecule has 1 unspecified atom stereocenters. The molecule has 2 aliphatic rings. The van der Waals surface area contributed by atoms with E-state index in [0.29, 0.717) is 31.1 Å². The summed E-state index contributed by atoms with van der Waals surface area (Å²) in [7, 11) is 0. The van der Waals surface area contributed by atoms with Gasteiger partial charge in [0.2, 0.25) is 0 Å². The highest BCUT2D eigenvalue weighted by Gasteiger charge is 2.46. The zero-order chi connectivity index (χ0) is 26.9. The molecule has 7 heteroatoms. The fourth-order valence-electron chi connectivity index (χ4n) is 5.00. The van der Waals surface area contributed by atoms with E-state index in [0.717, 1.165) is 24.0 Å². The minimum absolute atomic E-state index is 0.116. The van der Waals surface area contributed by atoms with E-state index >= 15 is 0 Å². The number of hydrogen-bond acceptors (Lipinski definition) is 5. The van der Waals surface area contributed by atoms with Gasteiger partial charge < -0.3 is 19.5 Å². The standard InChI is InChI=1S/C31H36N2O5/c1-21-12-13-24(37-20-23-19-36-17-16-33(23)29(35)38-30(2,3)4)18-26(21)28(34)32-31(14-15-31)27-11-7-9-22-8-5-6-10-25(22)27/h5-13,18,23H,14-17,19-20H2,1-4H3,(H,32,34). The second-order valence-corrected chi connectivity index (χ2v) is 11.3. The Morgan fingerprint density at radius 1 is 1.08 bits per heavy atom. The van der Waals surface area contributed by atoms with E-state index in [1.807, 2.05) is 52.0 Å². The summed E-state index contributed by atoms with van der Waals surface area (Å²) >= 11 is 0. The Morgan fingerprint density at radius 2 is 1.84 bits per heavy atom. The molecule has 1 aliphatic heterocycles. The minimum atomic E-state index is -0.578. The molecule has 2 amide bonds. The van der Waals surface area contributed by atoms with Gasteiger partial charge in [-0.15, -0.1) is 0 Å². The molecule has 38 heavy (non-hydrogen) atoms. The van der Waals surface area contributed by atoms with Crippen LogP contribution in [0.15, 0.2) is 60.7 Å². The number of fused-ring (bicyclic) bond motifs is 1. The van der Waals surface area contributed by atoms with Gasteiger partial charge in [-0.2, -0.15) is 0 Å². The average molecular weight is 517 g/mol. The van der Waals surface area contributed by atoms with Crippen LogP contribution in [-0.4, -0.2) is 54.9 Å². The Kier molecular flexibility index (Phi) is 7.05. The van der Waals surface area contributed by atoms with E-state index in [2.05, 4.69) is 35.6 Å². The van der Waals surface area contributed by atoms with Crippen LogP contribution in [0.4, 0.5) is 4.79 Å². The quantitative estimate of drug-likeness (QED) is 0.463. The third-order valence-electron chi connectivity index (χ3n) is 7.16. The van der Waals surface area contributed by atoms with Crippen LogP contribution < -0.4 is 10.1 Å².